The Balaban J connectivity index is 2.00. The van der Waals surface area contributed by atoms with Crippen molar-refractivity contribution in [2.75, 3.05) is 0 Å². The van der Waals surface area contributed by atoms with E-state index in [1.807, 2.05) is 38.1 Å². The number of rotatable bonds is 3. The van der Waals surface area contributed by atoms with E-state index in [1.165, 1.54) is 0 Å². The van der Waals surface area contributed by atoms with Crippen LogP contribution in [0.3, 0.4) is 0 Å². The average molecular weight is 365 g/mol. The van der Waals surface area contributed by atoms with Crippen LogP contribution in [0.15, 0.2) is 40.0 Å². The Bertz CT molecular complexity index is 761. The Morgan fingerprint density at radius 3 is 2.52 bits per heavy atom. The molecule has 0 saturated heterocycles. The van der Waals surface area contributed by atoms with E-state index in [4.69, 9.17) is 0 Å². The topological polar surface area (TPSA) is 61.4 Å². The fourth-order valence-corrected chi connectivity index (χ4v) is 2.41. The van der Waals surface area contributed by atoms with E-state index in [0.717, 1.165) is 15.7 Å². The number of nitrogens with zero attached hydrogens (tertiary/aromatic N) is 6. The van der Waals surface area contributed by atoms with Gasteiger partial charge in [0.2, 0.25) is 5.82 Å². The van der Waals surface area contributed by atoms with Crippen LogP contribution in [0.2, 0.25) is 0 Å². The van der Waals surface area contributed by atoms with E-state index in [2.05, 4.69) is 49.1 Å². The Labute approximate surface area is 135 Å². The Morgan fingerprint density at radius 1 is 1.19 bits per heavy atom. The second-order valence-electron chi connectivity index (χ2n) is 4.80. The summed E-state index contributed by atoms with van der Waals surface area (Å²) >= 11 is 7.96. The number of halogens is 1. The van der Waals surface area contributed by atoms with Gasteiger partial charge in [-0.2, -0.15) is 9.90 Å². The van der Waals surface area contributed by atoms with Crippen LogP contribution in [0.5, 0.6) is 0 Å². The standard InChI is InChI=1S/C13H13BrN6S/c1-8(2)20-17-12(16-18-20)11-7-15-19(13(11)21)10-5-3-9(14)4-6-10/h3-8,21H,1-2H3. The molecule has 8 heteroatoms. The fraction of sp³-hybridized carbons (Fsp3) is 0.231. The minimum atomic E-state index is 0.163. The number of thiol groups is 1. The zero-order valence-electron chi connectivity index (χ0n) is 11.5. The molecule has 0 atom stereocenters. The van der Waals surface area contributed by atoms with E-state index in [9.17, 15) is 0 Å². The predicted molar refractivity (Wildman–Crippen MR) is 85.7 cm³/mol. The molecular formula is C13H13BrN6S. The van der Waals surface area contributed by atoms with Crippen LogP contribution in [0, 0.1) is 0 Å². The zero-order valence-corrected chi connectivity index (χ0v) is 14.0. The van der Waals surface area contributed by atoms with Gasteiger partial charge in [-0.1, -0.05) is 15.9 Å². The van der Waals surface area contributed by atoms with Gasteiger partial charge >= 0.3 is 0 Å². The minimum absolute atomic E-state index is 0.163. The number of benzene rings is 1. The molecule has 0 aliphatic heterocycles. The van der Waals surface area contributed by atoms with Gasteiger partial charge in [0.05, 0.1) is 23.5 Å². The van der Waals surface area contributed by atoms with Gasteiger partial charge in [0.15, 0.2) is 0 Å². The zero-order chi connectivity index (χ0) is 15.0. The van der Waals surface area contributed by atoms with Gasteiger partial charge in [0, 0.05) is 4.47 Å². The van der Waals surface area contributed by atoms with Gasteiger partial charge in [-0.05, 0) is 43.3 Å². The van der Waals surface area contributed by atoms with Gasteiger partial charge in [-0.3, -0.25) is 0 Å². The van der Waals surface area contributed by atoms with E-state index in [-0.39, 0.29) is 6.04 Å². The van der Waals surface area contributed by atoms with Crippen LogP contribution < -0.4 is 0 Å². The molecule has 0 fully saturated rings. The lowest BCUT2D eigenvalue weighted by molar-refractivity contribution is 0.455. The van der Waals surface area contributed by atoms with Crippen LogP contribution in [-0.2, 0) is 0 Å². The highest BCUT2D eigenvalue weighted by Crippen LogP contribution is 2.26. The van der Waals surface area contributed by atoms with Crippen molar-refractivity contribution >= 4 is 28.6 Å². The smallest absolute Gasteiger partial charge is 0.209 e. The van der Waals surface area contributed by atoms with Gasteiger partial charge in [0.25, 0.3) is 0 Å². The number of hydrogen-bond acceptors (Lipinski definition) is 5. The van der Waals surface area contributed by atoms with Crippen LogP contribution >= 0.6 is 28.6 Å². The molecule has 0 unspecified atom stereocenters. The Morgan fingerprint density at radius 2 is 1.90 bits per heavy atom. The largest absolute Gasteiger partial charge is 0.227 e. The third-order valence-corrected chi connectivity index (χ3v) is 3.91. The van der Waals surface area contributed by atoms with E-state index in [0.29, 0.717) is 10.9 Å². The molecule has 0 amide bonds. The van der Waals surface area contributed by atoms with Crippen molar-refractivity contribution in [2.45, 2.75) is 24.9 Å². The highest BCUT2D eigenvalue weighted by Gasteiger charge is 2.16. The molecule has 0 radical (unpaired) electrons. The summed E-state index contributed by atoms with van der Waals surface area (Å²) in [6, 6.07) is 7.99. The van der Waals surface area contributed by atoms with E-state index >= 15 is 0 Å². The summed E-state index contributed by atoms with van der Waals surface area (Å²) in [4.78, 5) is 1.57. The fourth-order valence-electron chi connectivity index (χ4n) is 1.82. The van der Waals surface area contributed by atoms with Crippen molar-refractivity contribution < 1.29 is 0 Å². The first-order valence-corrected chi connectivity index (χ1v) is 7.63. The molecule has 3 rings (SSSR count). The molecule has 0 bridgehead atoms. The molecule has 2 heterocycles. The van der Waals surface area contributed by atoms with Crippen molar-refractivity contribution in [3.8, 4) is 17.1 Å². The van der Waals surface area contributed by atoms with Gasteiger partial charge in [-0.25, -0.2) is 4.68 Å². The summed E-state index contributed by atoms with van der Waals surface area (Å²) in [5, 5.41) is 17.5. The predicted octanol–water partition coefficient (Wildman–Crippen LogP) is 3.16. The second-order valence-corrected chi connectivity index (χ2v) is 6.14. The highest BCUT2D eigenvalue weighted by molar-refractivity contribution is 9.10. The molecule has 0 N–H and O–H groups in total. The molecule has 0 saturated carbocycles. The monoisotopic (exact) mass is 364 g/mol. The van der Waals surface area contributed by atoms with Crippen LogP contribution in [0.25, 0.3) is 17.1 Å². The molecule has 0 aliphatic rings. The van der Waals surface area contributed by atoms with Gasteiger partial charge in [0.1, 0.15) is 5.03 Å². The van der Waals surface area contributed by atoms with Crippen LogP contribution in [-0.4, -0.2) is 30.0 Å². The van der Waals surface area contributed by atoms with E-state index in [1.54, 1.807) is 15.7 Å². The average Bonchev–Trinajstić information content (AvgIpc) is 3.06. The first kappa shape index (κ1) is 14.3. The first-order valence-electron chi connectivity index (χ1n) is 6.39. The lowest BCUT2D eigenvalue weighted by atomic mass is 10.3. The summed E-state index contributed by atoms with van der Waals surface area (Å²) in [7, 11) is 0. The normalized spacial score (nSPS) is 11.3. The van der Waals surface area contributed by atoms with E-state index < -0.39 is 0 Å². The van der Waals surface area contributed by atoms with Crippen molar-refractivity contribution in [3.63, 3.8) is 0 Å². The second kappa shape index (κ2) is 5.61. The van der Waals surface area contributed by atoms with Crippen LogP contribution in [0.4, 0.5) is 0 Å². The summed E-state index contributed by atoms with van der Waals surface area (Å²) in [6.07, 6.45) is 1.70. The SMILES string of the molecule is CC(C)n1nnc(-c2cnn(-c3ccc(Br)cc3)c2S)n1. The summed E-state index contributed by atoms with van der Waals surface area (Å²) in [6.45, 7) is 4.00. The third kappa shape index (κ3) is 2.73. The molecule has 0 aliphatic carbocycles. The Kier molecular flexibility index (Phi) is 3.81. The quantitative estimate of drug-likeness (QED) is 0.725. The third-order valence-electron chi connectivity index (χ3n) is 2.95. The highest BCUT2D eigenvalue weighted by atomic mass is 79.9. The summed E-state index contributed by atoms with van der Waals surface area (Å²) in [5.41, 5.74) is 1.68. The molecule has 3 aromatic rings. The van der Waals surface area contributed by atoms with Gasteiger partial charge in [-0.15, -0.1) is 22.8 Å². The van der Waals surface area contributed by atoms with Crippen molar-refractivity contribution in [2.24, 2.45) is 0 Å². The first-order chi connectivity index (χ1) is 10.1. The number of tetrazole rings is 1. The molecule has 21 heavy (non-hydrogen) atoms. The number of aromatic nitrogens is 6. The van der Waals surface area contributed by atoms with Crippen LogP contribution in [0.1, 0.15) is 19.9 Å². The lowest BCUT2D eigenvalue weighted by Crippen LogP contribution is -2.04. The summed E-state index contributed by atoms with van der Waals surface area (Å²) < 4.78 is 2.75. The molecular weight excluding hydrogens is 352 g/mol. The molecule has 2 aromatic heterocycles. The molecule has 0 spiro atoms. The summed E-state index contributed by atoms with van der Waals surface area (Å²) in [5.74, 6) is 0.525. The maximum Gasteiger partial charge on any atom is 0.209 e. The number of hydrogen-bond donors (Lipinski definition) is 1. The Hall–Kier alpha value is -1.67. The maximum absolute atomic E-state index is 4.54. The molecule has 6 nitrogen and oxygen atoms in total. The lowest BCUT2D eigenvalue weighted by Gasteiger charge is -2.04. The van der Waals surface area contributed by atoms with Gasteiger partial charge < -0.3 is 0 Å². The van der Waals surface area contributed by atoms with Crippen molar-refractivity contribution in [1.82, 2.24) is 30.0 Å². The van der Waals surface area contributed by atoms with Crippen molar-refractivity contribution in [3.05, 3.63) is 34.9 Å². The molecule has 1 aromatic carbocycles. The van der Waals surface area contributed by atoms with Crippen molar-refractivity contribution in [1.29, 1.82) is 0 Å². The minimum Gasteiger partial charge on any atom is -0.227 e. The molecule has 108 valence electrons. The maximum atomic E-state index is 4.54.